The first-order valence-electron chi connectivity index (χ1n) is 7.48. The summed E-state index contributed by atoms with van der Waals surface area (Å²) in [6, 6.07) is 6.57. The van der Waals surface area contributed by atoms with Crippen LogP contribution >= 0.6 is 11.6 Å². The standard InChI is InChI=1S/C16H17ClFN3O2/c17-15-11(2-1-3-13(15)18)10-20-7-4-12(5-8-20)21-9-6-14(19-21)16(22)23/h1-3,6,9,12H,4-5,7-8,10H2,(H,22,23). The summed E-state index contributed by atoms with van der Waals surface area (Å²) in [6.45, 7) is 2.28. The van der Waals surface area contributed by atoms with Gasteiger partial charge in [-0.25, -0.2) is 9.18 Å². The van der Waals surface area contributed by atoms with Gasteiger partial charge in [0.1, 0.15) is 5.82 Å². The van der Waals surface area contributed by atoms with Gasteiger partial charge in [-0.2, -0.15) is 5.10 Å². The normalized spacial score (nSPS) is 16.6. The number of benzene rings is 1. The van der Waals surface area contributed by atoms with Gasteiger partial charge in [-0.1, -0.05) is 23.7 Å². The molecular weight excluding hydrogens is 321 g/mol. The molecule has 1 aromatic carbocycles. The van der Waals surface area contributed by atoms with Crippen molar-refractivity contribution in [3.8, 4) is 0 Å². The Morgan fingerprint density at radius 1 is 1.35 bits per heavy atom. The third kappa shape index (κ3) is 3.54. The number of hydrogen-bond acceptors (Lipinski definition) is 3. The van der Waals surface area contributed by atoms with E-state index >= 15 is 0 Å². The lowest BCUT2D eigenvalue weighted by Gasteiger charge is -2.32. The Balaban J connectivity index is 1.59. The molecule has 0 aliphatic carbocycles. The first-order valence-corrected chi connectivity index (χ1v) is 7.86. The Kier molecular flexibility index (Phi) is 4.63. The van der Waals surface area contributed by atoms with Gasteiger partial charge in [0.25, 0.3) is 0 Å². The molecule has 3 rings (SSSR count). The maximum atomic E-state index is 13.5. The van der Waals surface area contributed by atoms with Crippen LogP contribution in [0.3, 0.4) is 0 Å². The predicted molar refractivity (Wildman–Crippen MR) is 84.1 cm³/mol. The summed E-state index contributed by atoms with van der Waals surface area (Å²) in [7, 11) is 0. The van der Waals surface area contributed by atoms with Crippen molar-refractivity contribution in [2.75, 3.05) is 13.1 Å². The van der Waals surface area contributed by atoms with Crippen molar-refractivity contribution in [2.24, 2.45) is 0 Å². The van der Waals surface area contributed by atoms with Crippen LogP contribution in [0.25, 0.3) is 0 Å². The summed E-state index contributed by atoms with van der Waals surface area (Å²) in [6.07, 6.45) is 3.45. The number of aromatic nitrogens is 2. The second kappa shape index (κ2) is 6.68. The zero-order valence-corrected chi connectivity index (χ0v) is 13.2. The van der Waals surface area contributed by atoms with E-state index in [0.29, 0.717) is 6.54 Å². The Morgan fingerprint density at radius 3 is 2.74 bits per heavy atom. The summed E-state index contributed by atoms with van der Waals surface area (Å²) in [5, 5.41) is 13.2. The molecule has 23 heavy (non-hydrogen) atoms. The second-order valence-electron chi connectivity index (χ2n) is 5.71. The van der Waals surface area contributed by atoms with Crippen molar-refractivity contribution >= 4 is 17.6 Å². The molecule has 0 bridgehead atoms. The Morgan fingerprint density at radius 2 is 2.09 bits per heavy atom. The molecule has 1 aliphatic heterocycles. The van der Waals surface area contributed by atoms with Gasteiger partial charge in [0.05, 0.1) is 11.1 Å². The maximum absolute atomic E-state index is 13.5. The van der Waals surface area contributed by atoms with E-state index in [1.54, 1.807) is 16.9 Å². The molecule has 0 unspecified atom stereocenters. The molecule has 1 aliphatic rings. The Labute approximate surface area is 138 Å². The minimum Gasteiger partial charge on any atom is -0.476 e. The fraction of sp³-hybridized carbons (Fsp3) is 0.375. The molecule has 1 aromatic heterocycles. The van der Waals surface area contributed by atoms with Gasteiger partial charge < -0.3 is 5.11 Å². The summed E-state index contributed by atoms with van der Waals surface area (Å²) >= 11 is 6.00. The molecule has 2 heterocycles. The van der Waals surface area contributed by atoms with E-state index in [1.165, 1.54) is 12.1 Å². The van der Waals surface area contributed by atoms with Gasteiger partial charge in [-0.05, 0) is 30.5 Å². The molecule has 0 spiro atoms. The zero-order chi connectivity index (χ0) is 16.4. The maximum Gasteiger partial charge on any atom is 0.356 e. The number of carbonyl (C=O) groups is 1. The van der Waals surface area contributed by atoms with Gasteiger partial charge in [0, 0.05) is 25.8 Å². The lowest BCUT2D eigenvalue weighted by molar-refractivity contribution is 0.0688. The summed E-state index contributed by atoms with van der Waals surface area (Å²) in [5.41, 5.74) is 0.858. The van der Waals surface area contributed by atoms with Crippen molar-refractivity contribution in [1.82, 2.24) is 14.7 Å². The Hall–Kier alpha value is -1.92. The number of carboxylic acid groups (broad SMARTS) is 1. The first-order chi connectivity index (χ1) is 11.0. The molecule has 2 aromatic rings. The number of rotatable bonds is 4. The van der Waals surface area contributed by atoms with E-state index in [0.717, 1.165) is 31.5 Å². The average molecular weight is 338 g/mol. The van der Waals surface area contributed by atoms with Crippen molar-refractivity contribution in [3.05, 3.63) is 52.6 Å². The van der Waals surface area contributed by atoms with E-state index in [2.05, 4.69) is 10.00 Å². The number of likely N-dealkylation sites (tertiary alicyclic amines) is 1. The van der Waals surface area contributed by atoms with E-state index in [9.17, 15) is 9.18 Å². The first kappa shape index (κ1) is 16.0. The summed E-state index contributed by atoms with van der Waals surface area (Å²) < 4.78 is 15.2. The number of halogens is 2. The molecule has 122 valence electrons. The number of nitrogens with zero attached hydrogens (tertiary/aromatic N) is 3. The van der Waals surface area contributed by atoms with E-state index in [1.807, 2.05) is 6.07 Å². The third-order valence-electron chi connectivity index (χ3n) is 4.18. The van der Waals surface area contributed by atoms with Crippen molar-refractivity contribution < 1.29 is 14.3 Å². The Bertz CT molecular complexity index is 711. The molecule has 7 heteroatoms. The highest BCUT2D eigenvalue weighted by atomic mass is 35.5. The molecule has 1 fully saturated rings. The largest absolute Gasteiger partial charge is 0.476 e. The van der Waals surface area contributed by atoms with Crippen molar-refractivity contribution in [1.29, 1.82) is 0 Å². The number of aromatic carboxylic acids is 1. The lowest BCUT2D eigenvalue weighted by atomic mass is 10.0. The van der Waals surface area contributed by atoms with Crippen LogP contribution in [-0.2, 0) is 6.54 Å². The molecular formula is C16H17ClFN3O2. The van der Waals surface area contributed by atoms with Gasteiger partial charge in [-0.15, -0.1) is 0 Å². The molecule has 1 saturated heterocycles. The molecule has 0 saturated carbocycles. The smallest absolute Gasteiger partial charge is 0.356 e. The molecule has 0 atom stereocenters. The van der Waals surface area contributed by atoms with Crippen LogP contribution in [0, 0.1) is 5.82 Å². The third-order valence-corrected chi connectivity index (χ3v) is 4.61. The van der Waals surface area contributed by atoms with Crippen molar-refractivity contribution in [2.45, 2.75) is 25.4 Å². The number of piperidine rings is 1. The monoisotopic (exact) mass is 337 g/mol. The van der Waals surface area contributed by atoms with Crippen LogP contribution in [0.15, 0.2) is 30.5 Å². The quantitative estimate of drug-likeness (QED) is 0.930. The van der Waals surface area contributed by atoms with Gasteiger partial charge >= 0.3 is 5.97 Å². The highest BCUT2D eigenvalue weighted by Gasteiger charge is 2.22. The zero-order valence-electron chi connectivity index (χ0n) is 12.5. The van der Waals surface area contributed by atoms with Crippen LogP contribution in [0.4, 0.5) is 4.39 Å². The van der Waals surface area contributed by atoms with Crippen LogP contribution < -0.4 is 0 Å². The fourth-order valence-electron chi connectivity index (χ4n) is 2.91. The second-order valence-corrected chi connectivity index (χ2v) is 6.08. The molecule has 0 radical (unpaired) electrons. The number of carboxylic acids is 1. The molecule has 5 nitrogen and oxygen atoms in total. The minimum absolute atomic E-state index is 0.0685. The number of hydrogen-bond donors (Lipinski definition) is 1. The van der Waals surface area contributed by atoms with Gasteiger partial charge in [0.2, 0.25) is 0 Å². The minimum atomic E-state index is -1.01. The lowest BCUT2D eigenvalue weighted by Crippen LogP contribution is -2.34. The highest BCUT2D eigenvalue weighted by Crippen LogP contribution is 2.26. The molecule has 1 N–H and O–H groups in total. The fourth-order valence-corrected chi connectivity index (χ4v) is 3.09. The molecule has 0 amide bonds. The van der Waals surface area contributed by atoms with Crippen LogP contribution in [0.1, 0.15) is 34.9 Å². The van der Waals surface area contributed by atoms with Gasteiger partial charge in [0.15, 0.2) is 5.69 Å². The topological polar surface area (TPSA) is 58.4 Å². The summed E-state index contributed by atoms with van der Waals surface area (Å²) in [4.78, 5) is 13.1. The van der Waals surface area contributed by atoms with Gasteiger partial charge in [-0.3, -0.25) is 9.58 Å². The van der Waals surface area contributed by atoms with Crippen LogP contribution in [0.2, 0.25) is 5.02 Å². The summed E-state index contributed by atoms with van der Waals surface area (Å²) in [5.74, 6) is -1.40. The van der Waals surface area contributed by atoms with E-state index in [4.69, 9.17) is 16.7 Å². The average Bonchev–Trinajstić information content (AvgIpc) is 3.03. The highest BCUT2D eigenvalue weighted by molar-refractivity contribution is 6.31. The van der Waals surface area contributed by atoms with E-state index in [-0.39, 0.29) is 16.8 Å². The van der Waals surface area contributed by atoms with E-state index < -0.39 is 11.8 Å². The van der Waals surface area contributed by atoms with Crippen LogP contribution in [0.5, 0.6) is 0 Å². The SMILES string of the molecule is O=C(O)c1ccn(C2CCN(Cc3cccc(F)c3Cl)CC2)n1. The predicted octanol–water partition coefficient (Wildman–Crippen LogP) is 3.21. The van der Waals surface area contributed by atoms with Crippen molar-refractivity contribution in [3.63, 3.8) is 0 Å². The van der Waals surface area contributed by atoms with Crippen LogP contribution in [-0.4, -0.2) is 38.8 Å².